The van der Waals surface area contributed by atoms with Crippen molar-refractivity contribution in [1.29, 1.82) is 0 Å². The van der Waals surface area contributed by atoms with Crippen molar-refractivity contribution < 1.29 is 0 Å². The van der Waals surface area contributed by atoms with Gasteiger partial charge in [0, 0.05) is 31.7 Å². The fourth-order valence-corrected chi connectivity index (χ4v) is 3.30. The van der Waals surface area contributed by atoms with Crippen molar-refractivity contribution in [2.75, 3.05) is 11.9 Å². The number of hydrogen-bond donors (Lipinski definition) is 1. The quantitative estimate of drug-likeness (QED) is 0.627. The molecule has 0 aliphatic rings. The van der Waals surface area contributed by atoms with Gasteiger partial charge in [-0.2, -0.15) is 10.2 Å². The van der Waals surface area contributed by atoms with Gasteiger partial charge in [0.1, 0.15) is 16.9 Å². The molecule has 0 unspecified atom stereocenters. The fraction of sp³-hybridized carbons (Fsp3) is 0.579. The Balaban J connectivity index is 1.78. The molecule has 0 saturated heterocycles. The summed E-state index contributed by atoms with van der Waals surface area (Å²) in [6.45, 7) is 12.9. The van der Waals surface area contributed by atoms with E-state index in [0.29, 0.717) is 0 Å². The maximum atomic E-state index is 4.77. The molecule has 3 heterocycles. The van der Waals surface area contributed by atoms with Crippen LogP contribution in [0.5, 0.6) is 0 Å². The smallest absolute Gasteiger partial charge is 0.156 e. The molecular formula is C19H29N7. The molecule has 3 rings (SSSR count). The minimum absolute atomic E-state index is 0.807. The van der Waals surface area contributed by atoms with Crippen molar-refractivity contribution in [2.24, 2.45) is 0 Å². The van der Waals surface area contributed by atoms with Crippen LogP contribution in [-0.4, -0.2) is 36.1 Å². The third kappa shape index (κ3) is 3.71. The molecule has 1 N–H and O–H groups in total. The molecular weight excluding hydrogens is 326 g/mol. The van der Waals surface area contributed by atoms with Crippen molar-refractivity contribution in [3.63, 3.8) is 0 Å². The standard InChI is InChI=1S/C19H29N7/c1-6-9-16-21-17-15(5)24-25(7-2)18(17)19(22-16)20-10-8-11-26-14(4)12-13(3)23-26/h12H,6-11H2,1-5H3,(H,20,21,22). The summed E-state index contributed by atoms with van der Waals surface area (Å²) in [5.41, 5.74) is 5.21. The molecule has 3 aromatic heterocycles. The molecule has 0 radical (unpaired) electrons. The number of hydrogen-bond acceptors (Lipinski definition) is 5. The molecule has 0 amide bonds. The first kappa shape index (κ1) is 18.4. The maximum absolute atomic E-state index is 4.77. The van der Waals surface area contributed by atoms with E-state index in [4.69, 9.17) is 9.97 Å². The predicted molar refractivity (Wildman–Crippen MR) is 105 cm³/mol. The van der Waals surface area contributed by atoms with Crippen LogP contribution in [0.15, 0.2) is 6.07 Å². The van der Waals surface area contributed by atoms with Crippen molar-refractivity contribution in [1.82, 2.24) is 29.5 Å². The van der Waals surface area contributed by atoms with E-state index in [1.807, 2.05) is 18.5 Å². The van der Waals surface area contributed by atoms with Crippen LogP contribution in [0.4, 0.5) is 5.82 Å². The number of anilines is 1. The molecule has 0 fully saturated rings. The van der Waals surface area contributed by atoms with Crippen molar-refractivity contribution >= 4 is 16.9 Å². The molecule has 3 aromatic rings. The Bertz CT molecular complexity index is 891. The van der Waals surface area contributed by atoms with E-state index in [0.717, 1.165) is 73.0 Å². The first-order valence-electron chi connectivity index (χ1n) is 9.52. The van der Waals surface area contributed by atoms with Crippen molar-refractivity contribution in [3.8, 4) is 0 Å². The highest BCUT2D eigenvalue weighted by atomic mass is 15.3. The summed E-state index contributed by atoms with van der Waals surface area (Å²) < 4.78 is 4.05. The fourth-order valence-electron chi connectivity index (χ4n) is 3.30. The van der Waals surface area contributed by atoms with Gasteiger partial charge in [0.2, 0.25) is 0 Å². The lowest BCUT2D eigenvalue weighted by Crippen LogP contribution is -2.12. The summed E-state index contributed by atoms with van der Waals surface area (Å²) in [4.78, 5) is 9.51. The Morgan fingerprint density at radius 3 is 2.50 bits per heavy atom. The lowest BCUT2D eigenvalue weighted by Gasteiger charge is -2.11. The van der Waals surface area contributed by atoms with E-state index in [9.17, 15) is 0 Å². The Hall–Kier alpha value is -2.44. The summed E-state index contributed by atoms with van der Waals surface area (Å²) in [6, 6.07) is 2.11. The Labute approximate surface area is 154 Å². The Kier molecular flexibility index (Phi) is 5.54. The first-order valence-corrected chi connectivity index (χ1v) is 9.52. The maximum Gasteiger partial charge on any atom is 0.156 e. The number of fused-ring (bicyclic) bond motifs is 1. The second-order valence-corrected chi connectivity index (χ2v) is 6.77. The molecule has 7 nitrogen and oxygen atoms in total. The zero-order valence-corrected chi connectivity index (χ0v) is 16.5. The van der Waals surface area contributed by atoms with Gasteiger partial charge < -0.3 is 5.32 Å². The lowest BCUT2D eigenvalue weighted by molar-refractivity contribution is 0.573. The van der Waals surface area contributed by atoms with Gasteiger partial charge in [0.25, 0.3) is 0 Å². The molecule has 0 aliphatic carbocycles. The zero-order valence-electron chi connectivity index (χ0n) is 16.5. The van der Waals surface area contributed by atoms with Gasteiger partial charge in [-0.05, 0) is 46.6 Å². The Morgan fingerprint density at radius 2 is 1.85 bits per heavy atom. The van der Waals surface area contributed by atoms with Crippen LogP contribution in [0.25, 0.3) is 11.0 Å². The summed E-state index contributed by atoms with van der Waals surface area (Å²) >= 11 is 0. The van der Waals surface area contributed by atoms with Crippen LogP contribution >= 0.6 is 0 Å². The van der Waals surface area contributed by atoms with Crippen LogP contribution < -0.4 is 5.32 Å². The second kappa shape index (κ2) is 7.85. The number of nitrogens with one attached hydrogen (secondary N) is 1. The van der Waals surface area contributed by atoms with Gasteiger partial charge >= 0.3 is 0 Å². The average molecular weight is 355 g/mol. The minimum Gasteiger partial charge on any atom is -0.368 e. The number of rotatable bonds is 8. The SMILES string of the molecule is CCCc1nc(NCCCn2nc(C)cc2C)c2c(n1)c(C)nn2CC. The van der Waals surface area contributed by atoms with Gasteiger partial charge in [-0.1, -0.05) is 6.92 Å². The van der Waals surface area contributed by atoms with E-state index in [1.165, 1.54) is 5.69 Å². The first-order chi connectivity index (χ1) is 12.5. The van der Waals surface area contributed by atoms with Crippen molar-refractivity contribution in [3.05, 3.63) is 29.0 Å². The van der Waals surface area contributed by atoms with E-state index >= 15 is 0 Å². The molecule has 7 heteroatoms. The highest BCUT2D eigenvalue weighted by Gasteiger charge is 2.15. The van der Waals surface area contributed by atoms with Crippen LogP contribution in [0.1, 0.15) is 49.6 Å². The van der Waals surface area contributed by atoms with Gasteiger partial charge in [-0.15, -0.1) is 0 Å². The van der Waals surface area contributed by atoms with Gasteiger partial charge in [0.15, 0.2) is 5.82 Å². The molecule has 0 aliphatic heterocycles. The largest absolute Gasteiger partial charge is 0.368 e. The zero-order chi connectivity index (χ0) is 18.7. The normalized spacial score (nSPS) is 11.4. The highest BCUT2D eigenvalue weighted by Crippen LogP contribution is 2.23. The van der Waals surface area contributed by atoms with Gasteiger partial charge in [-0.25, -0.2) is 9.97 Å². The van der Waals surface area contributed by atoms with Crippen molar-refractivity contribution in [2.45, 2.75) is 67.0 Å². The third-order valence-electron chi connectivity index (χ3n) is 4.52. The average Bonchev–Trinajstić information content (AvgIpc) is 3.10. The van der Waals surface area contributed by atoms with Crippen LogP contribution in [-0.2, 0) is 19.5 Å². The summed E-state index contributed by atoms with van der Waals surface area (Å²) in [5, 5.41) is 12.7. The molecule has 26 heavy (non-hydrogen) atoms. The number of nitrogens with zero attached hydrogens (tertiary/aromatic N) is 6. The predicted octanol–water partition coefficient (Wildman–Crippen LogP) is 3.42. The van der Waals surface area contributed by atoms with E-state index in [1.54, 1.807) is 0 Å². The van der Waals surface area contributed by atoms with E-state index < -0.39 is 0 Å². The minimum atomic E-state index is 0.807. The molecule has 0 spiro atoms. The monoisotopic (exact) mass is 355 g/mol. The van der Waals surface area contributed by atoms with Gasteiger partial charge in [-0.3, -0.25) is 9.36 Å². The molecule has 0 aromatic carbocycles. The molecule has 0 saturated carbocycles. The van der Waals surface area contributed by atoms with Crippen LogP contribution in [0.2, 0.25) is 0 Å². The number of aromatic nitrogens is 6. The third-order valence-corrected chi connectivity index (χ3v) is 4.52. The Morgan fingerprint density at radius 1 is 1.04 bits per heavy atom. The highest BCUT2D eigenvalue weighted by molar-refractivity contribution is 5.87. The van der Waals surface area contributed by atoms with E-state index in [-0.39, 0.29) is 0 Å². The topological polar surface area (TPSA) is 73.5 Å². The molecule has 0 atom stereocenters. The summed E-state index contributed by atoms with van der Waals surface area (Å²) in [5.74, 6) is 1.79. The number of aryl methyl sites for hydroxylation is 6. The lowest BCUT2D eigenvalue weighted by atomic mass is 10.3. The summed E-state index contributed by atoms with van der Waals surface area (Å²) in [6.07, 6.45) is 2.90. The van der Waals surface area contributed by atoms with Gasteiger partial charge in [0.05, 0.1) is 11.4 Å². The second-order valence-electron chi connectivity index (χ2n) is 6.77. The summed E-state index contributed by atoms with van der Waals surface area (Å²) in [7, 11) is 0. The van der Waals surface area contributed by atoms with Crippen LogP contribution in [0.3, 0.4) is 0 Å². The van der Waals surface area contributed by atoms with Crippen LogP contribution in [0, 0.1) is 20.8 Å². The molecule has 0 bridgehead atoms. The molecule has 140 valence electrons. The van der Waals surface area contributed by atoms with E-state index in [2.05, 4.69) is 47.0 Å².